The molecule has 4 N–H and O–H groups in total. The first-order valence-electron chi connectivity index (χ1n) is 7.15. The first kappa shape index (κ1) is 16.6. The van der Waals surface area contributed by atoms with Crippen molar-refractivity contribution in [1.29, 1.82) is 5.41 Å². The van der Waals surface area contributed by atoms with E-state index >= 15 is 0 Å². The monoisotopic (exact) mass is 326 g/mol. The van der Waals surface area contributed by atoms with Crippen molar-refractivity contribution in [3.05, 3.63) is 17.7 Å². The molecule has 1 aliphatic heterocycles. The van der Waals surface area contributed by atoms with E-state index in [0.29, 0.717) is 48.6 Å². The zero-order chi connectivity index (χ0) is 16.2. The van der Waals surface area contributed by atoms with Gasteiger partial charge < -0.3 is 20.8 Å². The fraction of sp³-hybridized carbons (Fsp3) is 0.500. The minimum Gasteiger partial charge on any atom is -0.494 e. The Labute approximate surface area is 131 Å². The molecule has 8 heteroatoms. The van der Waals surface area contributed by atoms with E-state index in [1.807, 2.05) is 0 Å². The molecule has 1 aromatic carbocycles. The third-order valence-electron chi connectivity index (χ3n) is 3.79. The van der Waals surface area contributed by atoms with Gasteiger partial charge in [0.25, 0.3) is 0 Å². The van der Waals surface area contributed by atoms with Crippen LogP contribution in [0.1, 0.15) is 18.4 Å². The number of ether oxygens (including phenoxy) is 1. The molecule has 1 fully saturated rings. The Hall–Kier alpha value is -1.80. The zero-order valence-corrected chi connectivity index (χ0v) is 13.6. The van der Waals surface area contributed by atoms with E-state index in [4.69, 9.17) is 10.1 Å². The summed E-state index contributed by atoms with van der Waals surface area (Å²) < 4.78 is 33.1. The second-order valence-electron chi connectivity index (χ2n) is 5.10. The Morgan fingerprint density at radius 2 is 2.00 bits per heavy atom. The van der Waals surface area contributed by atoms with Gasteiger partial charge in [-0.2, -0.15) is 0 Å². The smallest absolute Gasteiger partial charge is 0.235 e. The summed E-state index contributed by atoms with van der Waals surface area (Å²) in [5, 5.41) is 13.1. The van der Waals surface area contributed by atoms with Crippen molar-refractivity contribution in [2.45, 2.75) is 18.1 Å². The molecule has 1 saturated heterocycles. The predicted octanol–water partition coefficient (Wildman–Crippen LogP) is 1.23. The minimum absolute atomic E-state index is 0.351. The van der Waals surface area contributed by atoms with Crippen molar-refractivity contribution >= 4 is 27.6 Å². The van der Waals surface area contributed by atoms with Crippen LogP contribution in [-0.4, -0.2) is 47.1 Å². The molecule has 1 aromatic rings. The van der Waals surface area contributed by atoms with Gasteiger partial charge in [0.2, 0.25) is 10.0 Å². The summed E-state index contributed by atoms with van der Waals surface area (Å²) in [4.78, 5) is 0. The highest BCUT2D eigenvalue weighted by Crippen LogP contribution is 2.36. The SMILES string of the molecule is CNc1c(C=N)ccc(OC)c1NS(=O)(=O)C1CCNCC1. The fourth-order valence-electron chi connectivity index (χ4n) is 2.59. The van der Waals surface area contributed by atoms with Crippen LogP contribution in [0, 0.1) is 5.41 Å². The average molecular weight is 326 g/mol. The number of piperidine rings is 1. The van der Waals surface area contributed by atoms with E-state index in [0.717, 1.165) is 0 Å². The highest BCUT2D eigenvalue weighted by molar-refractivity contribution is 7.93. The van der Waals surface area contributed by atoms with Crippen molar-refractivity contribution in [1.82, 2.24) is 5.32 Å². The lowest BCUT2D eigenvalue weighted by Gasteiger charge is -2.25. The highest BCUT2D eigenvalue weighted by atomic mass is 32.2. The molecule has 1 heterocycles. The molecule has 0 amide bonds. The van der Waals surface area contributed by atoms with Crippen LogP contribution in [0.25, 0.3) is 0 Å². The van der Waals surface area contributed by atoms with Crippen molar-refractivity contribution in [2.24, 2.45) is 0 Å². The standard InChI is InChI=1S/C14H22N4O3S/c1-16-13-10(9-15)3-4-12(21-2)14(13)18-22(19,20)11-5-7-17-8-6-11/h3-4,9,11,15-18H,5-8H2,1-2H3. The maximum Gasteiger partial charge on any atom is 0.235 e. The lowest BCUT2D eigenvalue weighted by Crippen LogP contribution is -2.38. The molecule has 0 unspecified atom stereocenters. The van der Waals surface area contributed by atoms with E-state index in [1.165, 1.54) is 13.3 Å². The summed E-state index contributed by atoms with van der Waals surface area (Å²) >= 11 is 0. The van der Waals surface area contributed by atoms with Crippen LogP contribution in [0.3, 0.4) is 0 Å². The number of anilines is 2. The average Bonchev–Trinajstić information content (AvgIpc) is 2.54. The van der Waals surface area contributed by atoms with Gasteiger partial charge in [-0.25, -0.2) is 8.42 Å². The van der Waals surface area contributed by atoms with Crippen LogP contribution >= 0.6 is 0 Å². The number of methoxy groups -OCH3 is 1. The number of rotatable bonds is 6. The maximum atomic E-state index is 12.6. The second-order valence-corrected chi connectivity index (χ2v) is 7.06. The lowest BCUT2D eigenvalue weighted by molar-refractivity contribution is 0.417. The Bertz CT molecular complexity index is 640. The first-order valence-corrected chi connectivity index (χ1v) is 8.69. The first-order chi connectivity index (χ1) is 10.5. The van der Waals surface area contributed by atoms with Crippen LogP contribution in [0.2, 0.25) is 0 Å². The Morgan fingerprint density at radius 3 is 2.55 bits per heavy atom. The molecule has 0 bridgehead atoms. The molecule has 7 nitrogen and oxygen atoms in total. The summed E-state index contributed by atoms with van der Waals surface area (Å²) in [6, 6.07) is 3.36. The topological polar surface area (TPSA) is 103 Å². The molecule has 22 heavy (non-hydrogen) atoms. The highest BCUT2D eigenvalue weighted by Gasteiger charge is 2.29. The molecule has 0 aromatic heterocycles. The molecular formula is C14H22N4O3S. The van der Waals surface area contributed by atoms with E-state index in [9.17, 15) is 8.42 Å². The van der Waals surface area contributed by atoms with Crippen molar-refractivity contribution < 1.29 is 13.2 Å². The maximum absolute atomic E-state index is 12.6. The molecular weight excluding hydrogens is 304 g/mol. The Balaban J connectivity index is 2.40. The van der Waals surface area contributed by atoms with Crippen LogP contribution < -0.4 is 20.1 Å². The molecule has 0 saturated carbocycles. The van der Waals surface area contributed by atoms with Gasteiger partial charge in [-0.15, -0.1) is 0 Å². The summed E-state index contributed by atoms with van der Waals surface area (Å²) in [6.45, 7) is 1.39. The Morgan fingerprint density at radius 1 is 1.32 bits per heavy atom. The van der Waals surface area contributed by atoms with E-state index in [2.05, 4.69) is 15.4 Å². The number of benzene rings is 1. The van der Waals surface area contributed by atoms with Gasteiger partial charge >= 0.3 is 0 Å². The van der Waals surface area contributed by atoms with Gasteiger partial charge in [-0.1, -0.05) is 0 Å². The third kappa shape index (κ3) is 3.33. The summed E-state index contributed by atoms with van der Waals surface area (Å²) in [7, 11) is -0.340. The lowest BCUT2D eigenvalue weighted by atomic mass is 10.1. The van der Waals surface area contributed by atoms with Crippen LogP contribution in [0.4, 0.5) is 11.4 Å². The van der Waals surface area contributed by atoms with Crippen molar-refractivity contribution in [3.63, 3.8) is 0 Å². The number of sulfonamides is 1. The predicted molar refractivity (Wildman–Crippen MR) is 88.9 cm³/mol. The van der Waals surface area contributed by atoms with Crippen molar-refractivity contribution in [2.75, 3.05) is 37.3 Å². The molecule has 0 spiro atoms. The van der Waals surface area contributed by atoms with E-state index < -0.39 is 15.3 Å². The zero-order valence-electron chi connectivity index (χ0n) is 12.8. The van der Waals surface area contributed by atoms with E-state index in [1.54, 1.807) is 19.2 Å². The van der Waals surface area contributed by atoms with Gasteiger partial charge in [-0.3, -0.25) is 4.72 Å². The quantitative estimate of drug-likeness (QED) is 0.589. The van der Waals surface area contributed by atoms with Gasteiger partial charge in [0, 0.05) is 18.8 Å². The molecule has 0 atom stereocenters. The summed E-state index contributed by atoms with van der Waals surface area (Å²) in [5.74, 6) is 0.424. The molecule has 0 aliphatic carbocycles. The number of nitrogens with one attached hydrogen (secondary N) is 4. The van der Waals surface area contributed by atoms with Crippen LogP contribution in [-0.2, 0) is 10.0 Å². The van der Waals surface area contributed by atoms with Crippen molar-refractivity contribution in [3.8, 4) is 5.75 Å². The van der Waals surface area contributed by atoms with Gasteiger partial charge in [0.05, 0.1) is 18.0 Å². The second kappa shape index (κ2) is 6.97. The molecule has 122 valence electrons. The summed E-state index contributed by atoms with van der Waals surface area (Å²) in [5.41, 5.74) is 1.47. The normalized spacial score (nSPS) is 16.1. The van der Waals surface area contributed by atoms with Gasteiger partial charge in [0.15, 0.2) is 0 Å². The largest absolute Gasteiger partial charge is 0.494 e. The third-order valence-corrected chi connectivity index (χ3v) is 5.63. The summed E-state index contributed by atoms with van der Waals surface area (Å²) in [6.07, 6.45) is 2.33. The Kier molecular flexibility index (Phi) is 5.25. The minimum atomic E-state index is -3.51. The van der Waals surface area contributed by atoms with Gasteiger partial charge in [0.1, 0.15) is 11.4 Å². The van der Waals surface area contributed by atoms with Crippen LogP contribution in [0.5, 0.6) is 5.75 Å². The number of hydrogen-bond donors (Lipinski definition) is 4. The fourth-order valence-corrected chi connectivity index (χ4v) is 4.10. The van der Waals surface area contributed by atoms with Gasteiger partial charge in [-0.05, 0) is 38.1 Å². The van der Waals surface area contributed by atoms with E-state index in [-0.39, 0.29) is 0 Å². The number of hydrogen-bond acceptors (Lipinski definition) is 6. The van der Waals surface area contributed by atoms with Crippen LogP contribution in [0.15, 0.2) is 12.1 Å². The molecule has 1 aliphatic rings. The molecule has 0 radical (unpaired) electrons. The molecule has 2 rings (SSSR count).